The molecule has 0 aromatic heterocycles. The number of benzene rings is 2. The van der Waals surface area contributed by atoms with Crippen LogP contribution < -0.4 is 24.4 Å². The number of methoxy groups -OCH3 is 3. The van der Waals surface area contributed by atoms with Crippen LogP contribution in [0.1, 0.15) is 29.3 Å². The molecule has 0 aliphatic carbocycles. The molecule has 2 aromatic rings. The molecule has 148 valence electrons. The number of ether oxygens (including phenoxy) is 3. The monoisotopic (exact) mass is 384 g/mol. The zero-order valence-electron chi connectivity index (χ0n) is 16.5. The van der Waals surface area contributed by atoms with Crippen LogP contribution >= 0.6 is 0 Å². The molecule has 1 N–H and O–H groups in total. The van der Waals surface area contributed by atoms with Gasteiger partial charge in [0, 0.05) is 42.0 Å². The van der Waals surface area contributed by atoms with Crippen LogP contribution in [0.3, 0.4) is 0 Å². The van der Waals surface area contributed by atoms with Crippen LogP contribution in [0.2, 0.25) is 0 Å². The fourth-order valence-electron chi connectivity index (χ4n) is 3.35. The number of nitrogens with zero attached hydrogens (tertiary/aromatic N) is 1. The predicted octanol–water partition coefficient (Wildman–Crippen LogP) is 3.26. The molecule has 0 unspecified atom stereocenters. The maximum Gasteiger partial charge on any atom is 0.255 e. The van der Waals surface area contributed by atoms with Crippen LogP contribution in [0, 0.1) is 0 Å². The summed E-state index contributed by atoms with van der Waals surface area (Å²) in [6.45, 7) is 2.50. The van der Waals surface area contributed by atoms with Gasteiger partial charge in [0.2, 0.25) is 11.7 Å². The summed E-state index contributed by atoms with van der Waals surface area (Å²) >= 11 is 0. The van der Waals surface area contributed by atoms with E-state index in [1.54, 1.807) is 23.1 Å². The van der Waals surface area contributed by atoms with Gasteiger partial charge in [-0.3, -0.25) is 9.59 Å². The number of carbonyl (C=O) groups is 2. The number of fused-ring (bicyclic) bond motifs is 1. The van der Waals surface area contributed by atoms with Crippen molar-refractivity contribution in [2.45, 2.75) is 19.8 Å². The summed E-state index contributed by atoms with van der Waals surface area (Å²) in [7, 11) is 4.56. The lowest BCUT2D eigenvalue weighted by molar-refractivity contribution is -0.118. The first-order valence-corrected chi connectivity index (χ1v) is 9.07. The average Bonchev–Trinajstić information content (AvgIpc) is 3.15. The lowest BCUT2D eigenvalue weighted by Gasteiger charge is -2.17. The first kappa shape index (κ1) is 19.5. The van der Waals surface area contributed by atoms with Gasteiger partial charge in [0.25, 0.3) is 5.91 Å². The second kappa shape index (κ2) is 8.21. The van der Waals surface area contributed by atoms with E-state index in [0.29, 0.717) is 41.5 Å². The van der Waals surface area contributed by atoms with Gasteiger partial charge >= 0.3 is 0 Å². The van der Waals surface area contributed by atoms with E-state index in [-0.39, 0.29) is 11.8 Å². The summed E-state index contributed by atoms with van der Waals surface area (Å²) in [5, 5.41) is 2.86. The second-order valence-corrected chi connectivity index (χ2v) is 6.36. The Morgan fingerprint density at radius 3 is 2.29 bits per heavy atom. The van der Waals surface area contributed by atoms with Crippen LogP contribution in [0.4, 0.5) is 11.4 Å². The Kier molecular flexibility index (Phi) is 5.73. The van der Waals surface area contributed by atoms with Gasteiger partial charge in [-0.1, -0.05) is 6.92 Å². The summed E-state index contributed by atoms with van der Waals surface area (Å²) in [6.07, 6.45) is 1.20. The smallest absolute Gasteiger partial charge is 0.255 e. The Morgan fingerprint density at radius 2 is 1.71 bits per heavy atom. The van der Waals surface area contributed by atoms with Gasteiger partial charge in [-0.2, -0.15) is 0 Å². The number of nitrogens with one attached hydrogen (secondary N) is 1. The molecule has 7 heteroatoms. The third kappa shape index (κ3) is 3.60. The molecule has 1 aliphatic heterocycles. The van der Waals surface area contributed by atoms with Crippen molar-refractivity contribution in [3.63, 3.8) is 0 Å². The highest BCUT2D eigenvalue weighted by Crippen LogP contribution is 2.40. The molecule has 1 heterocycles. The minimum Gasteiger partial charge on any atom is -0.493 e. The Balaban J connectivity index is 1.84. The minimum atomic E-state index is -0.252. The molecule has 1 aliphatic rings. The van der Waals surface area contributed by atoms with Gasteiger partial charge in [0.15, 0.2) is 11.5 Å². The third-order valence-corrected chi connectivity index (χ3v) is 4.76. The molecule has 0 radical (unpaired) electrons. The van der Waals surface area contributed by atoms with E-state index in [1.807, 2.05) is 19.1 Å². The van der Waals surface area contributed by atoms with Crippen LogP contribution in [0.25, 0.3) is 0 Å². The molecule has 0 bridgehead atoms. The van der Waals surface area contributed by atoms with Crippen molar-refractivity contribution in [2.24, 2.45) is 0 Å². The van der Waals surface area contributed by atoms with Crippen molar-refractivity contribution in [1.82, 2.24) is 0 Å². The molecule has 7 nitrogen and oxygen atoms in total. The number of hydrogen-bond acceptors (Lipinski definition) is 5. The molecule has 28 heavy (non-hydrogen) atoms. The van der Waals surface area contributed by atoms with Gasteiger partial charge in [-0.15, -0.1) is 0 Å². The number of amides is 2. The van der Waals surface area contributed by atoms with Crippen molar-refractivity contribution < 1.29 is 23.8 Å². The summed E-state index contributed by atoms with van der Waals surface area (Å²) < 4.78 is 15.9. The van der Waals surface area contributed by atoms with E-state index in [4.69, 9.17) is 14.2 Å². The fourth-order valence-corrected chi connectivity index (χ4v) is 3.35. The van der Waals surface area contributed by atoms with Crippen LogP contribution in [-0.2, 0) is 11.2 Å². The van der Waals surface area contributed by atoms with Crippen LogP contribution in [0.5, 0.6) is 17.2 Å². The van der Waals surface area contributed by atoms with Crippen molar-refractivity contribution in [1.29, 1.82) is 0 Å². The molecule has 0 spiro atoms. The fraction of sp³-hybridized carbons (Fsp3) is 0.333. The second-order valence-electron chi connectivity index (χ2n) is 6.36. The zero-order valence-corrected chi connectivity index (χ0v) is 16.5. The van der Waals surface area contributed by atoms with Crippen molar-refractivity contribution in [3.8, 4) is 17.2 Å². The van der Waals surface area contributed by atoms with Crippen molar-refractivity contribution in [3.05, 3.63) is 41.5 Å². The first-order chi connectivity index (χ1) is 13.5. The highest BCUT2D eigenvalue weighted by molar-refractivity contribution is 6.05. The van der Waals surface area contributed by atoms with Gasteiger partial charge in [0.05, 0.1) is 21.3 Å². The lowest BCUT2D eigenvalue weighted by Crippen LogP contribution is -2.27. The summed E-state index contributed by atoms with van der Waals surface area (Å²) in [5.41, 5.74) is 2.94. The number of anilines is 2. The first-order valence-electron chi connectivity index (χ1n) is 9.07. The van der Waals surface area contributed by atoms with E-state index < -0.39 is 0 Å². The lowest BCUT2D eigenvalue weighted by atomic mass is 10.1. The number of hydrogen-bond donors (Lipinski definition) is 1. The SMILES string of the molecule is CCC(=O)N1CCc2cc(C(=O)Nc3cc(OC)c(OC)c(OC)c3)ccc21. The van der Waals surface area contributed by atoms with E-state index in [1.165, 1.54) is 21.3 Å². The van der Waals surface area contributed by atoms with E-state index in [2.05, 4.69) is 5.32 Å². The largest absolute Gasteiger partial charge is 0.493 e. The van der Waals surface area contributed by atoms with Crippen molar-refractivity contribution >= 4 is 23.2 Å². The zero-order chi connectivity index (χ0) is 20.3. The highest BCUT2D eigenvalue weighted by Gasteiger charge is 2.24. The average molecular weight is 384 g/mol. The topological polar surface area (TPSA) is 77.1 Å². The van der Waals surface area contributed by atoms with Gasteiger partial charge in [0.1, 0.15) is 0 Å². The molecular formula is C21H24N2O5. The Hall–Kier alpha value is -3.22. The third-order valence-electron chi connectivity index (χ3n) is 4.76. The Bertz CT molecular complexity index is 885. The summed E-state index contributed by atoms with van der Waals surface area (Å²) in [4.78, 5) is 26.5. The molecule has 0 atom stereocenters. The Morgan fingerprint density at radius 1 is 1.04 bits per heavy atom. The molecule has 2 amide bonds. The van der Waals surface area contributed by atoms with Gasteiger partial charge in [-0.05, 0) is 30.2 Å². The van der Waals surface area contributed by atoms with Crippen LogP contribution in [-0.4, -0.2) is 39.7 Å². The molecule has 0 saturated carbocycles. The van der Waals surface area contributed by atoms with Gasteiger partial charge in [-0.25, -0.2) is 0 Å². The highest BCUT2D eigenvalue weighted by atomic mass is 16.5. The molecule has 3 rings (SSSR count). The number of rotatable bonds is 6. The molecular weight excluding hydrogens is 360 g/mol. The standard InChI is InChI=1S/C21H24N2O5/c1-5-19(24)23-9-8-13-10-14(6-7-16(13)23)21(25)22-15-11-17(26-2)20(28-4)18(12-15)27-3/h6-7,10-12H,5,8-9H2,1-4H3,(H,22,25). The van der Waals surface area contributed by atoms with Crippen LogP contribution in [0.15, 0.2) is 30.3 Å². The number of carbonyl (C=O) groups excluding carboxylic acids is 2. The molecule has 0 saturated heterocycles. The maximum absolute atomic E-state index is 12.7. The maximum atomic E-state index is 12.7. The minimum absolute atomic E-state index is 0.0911. The summed E-state index contributed by atoms with van der Waals surface area (Å²) in [6, 6.07) is 8.75. The van der Waals surface area contributed by atoms with E-state index >= 15 is 0 Å². The Labute approximate surface area is 164 Å². The predicted molar refractivity (Wildman–Crippen MR) is 107 cm³/mol. The van der Waals surface area contributed by atoms with E-state index in [0.717, 1.165) is 17.7 Å². The molecule has 2 aromatic carbocycles. The summed E-state index contributed by atoms with van der Waals surface area (Å²) in [5.74, 6) is 1.21. The van der Waals surface area contributed by atoms with E-state index in [9.17, 15) is 9.59 Å². The normalized spacial score (nSPS) is 12.4. The molecule has 0 fully saturated rings. The van der Waals surface area contributed by atoms with Crippen molar-refractivity contribution in [2.75, 3.05) is 38.1 Å². The van der Waals surface area contributed by atoms with Gasteiger partial charge < -0.3 is 24.4 Å². The quantitative estimate of drug-likeness (QED) is 0.827.